The number of hydrogen-bond donors (Lipinski definition) is 0. The van der Waals surface area contributed by atoms with Crippen LogP contribution in [0.15, 0.2) is 18.3 Å². The second kappa shape index (κ2) is 4.98. The Morgan fingerprint density at radius 2 is 2.47 bits per heavy atom. The molecule has 1 heterocycles. The van der Waals surface area contributed by atoms with Crippen LogP contribution in [0.3, 0.4) is 0 Å². The summed E-state index contributed by atoms with van der Waals surface area (Å²) in [5.41, 5.74) is 2.79. The molecule has 2 atom stereocenters. The van der Waals surface area contributed by atoms with Crippen molar-refractivity contribution < 1.29 is 0 Å². The van der Waals surface area contributed by atoms with E-state index in [4.69, 9.17) is 11.6 Å². The molecule has 0 bridgehead atoms. The van der Waals surface area contributed by atoms with Crippen LogP contribution in [0, 0.1) is 0 Å². The van der Waals surface area contributed by atoms with Gasteiger partial charge in [0.05, 0.1) is 0 Å². The van der Waals surface area contributed by atoms with Crippen molar-refractivity contribution in [3.05, 3.63) is 29.6 Å². The summed E-state index contributed by atoms with van der Waals surface area (Å²) in [5.74, 6) is 0.649. The highest BCUT2D eigenvalue weighted by Gasteiger charge is 2.21. The average molecular weight is 224 g/mol. The molecule has 82 valence electrons. The molecule has 1 aliphatic rings. The molecule has 15 heavy (non-hydrogen) atoms. The van der Waals surface area contributed by atoms with Gasteiger partial charge in [0.2, 0.25) is 0 Å². The summed E-state index contributed by atoms with van der Waals surface area (Å²) in [5, 5.41) is 0.291. The van der Waals surface area contributed by atoms with Gasteiger partial charge < -0.3 is 0 Å². The van der Waals surface area contributed by atoms with E-state index in [0.717, 1.165) is 6.42 Å². The van der Waals surface area contributed by atoms with Gasteiger partial charge in [0.1, 0.15) is 0 Å². The fourth-order valence-corrected chi connectivity index (χ4v) is 2.54. The van der Waals surface area contributed by atoms with E-state index in [1.54, 1.807) is 0 Å². The first kappa shape index (κ1) is 10.9. The zero-order chi connectivity index (χ0) is 10.7. The first-order chi connectivity index (χ1) is 7.27. The van der Waals surface area contributed by atoms with E-state index in [-0.39, 0.29) is 0 Å². The quantitative estimate of drug-likeness (QED) is 0.709. The Labute approximate surface area is 96.9 Å². The molecule has 2 heteroatoms. The lowest BCUT2D eigenvalue weighted by molar-refractivity contribution is 0.491. The van der Waals surface area contributed by atoms with Gasteiger partial charge in [-0.1, -0.05) is 6.07 Å². The Balaban J connectivity index is 2.08. The van der Waals surface area contributed by atoms with Gasteiger partial charge in [0.25, 0.3) is 0 Å². The van der Waals surface area contributed by atoms with Crippen LogP contribution in [-0.4, -0.2) is 10.4 Å². The van der Waals surface area contributed by atoms with Crippen molar-refractivity contribution in [2.75, 3.05) is 0 Å². The number of halogens is 1. The first-order valence-corrected chi connectivity index (χ1v) is 6.29. The summed E-state index contributed by atoms with van der Waals surface area (Å²) in [6.45, 7) is 2.07. The van der Waals surface area contributed by atoms with E-state index < -0.39 is 0 Å². The van der Waals surface area contributed by atoms with Crippen LogP contribution in [0.4, 0.5) is 0 Å². The molecule has 1 aromatic heterocycles. The van der Waals surface area contributed by atoms with Crippen molar-refractivity contribution >= 4 is 11.6 Å². The fourth-order valence-electron chi connectivity index (χ4n) is 2.42. The molecule has 2 unspecified atom stereocenters. The van der Waals surface area contributed by atoms with Gasteiger partial charge in [0, 0.05) is 23.2 Å². The number of aryl methyl sites for hydroxylation is 1. The predicted octanol–water partition coefficient (Wildman–Crippen LogP) is 3.91. The average Bonchev–Trinajstić information content (AvgIpc) is 2.26. The summed E-state index contributed by atoms with van der Waals surface area (Å²) >= 11 is 6.00. The van der Waals surface area contributed by atoms with Crippen molar-refractivity contribution in [3.8, 4) is 0 Å². The lowest BCUT2D eigenvalue weighted by atomic mass is 9.84. The van der Waals surface area contributed by atoms with Crippen molar-refractivity contribution in [3.63, 3.8) is 0 Å². The summed E-state index contributed by atoms with van der Waals surface area (Å²) in [4.78, 5) is 4.54. The second-order valence-corrected chi connectivity index (χ2v) is 5.24. The minimum Gasteiger partial charge on any atom is -0.261 e. The number of nitrogens with zero attached hydrogens (tertiary/aromatic N) is 1. The molecule has 0 spiro atoms. The zero-order valence-corrected chi connectivity index (χ0v) is 10.0. The molecule has 1 nitrogen and oxygen atoms in total. The Morgan fingerprint density at radius 1 is 1.60 bits per heavy atom. The van der Waals surface area contributed by atoms with Gasteiger partial charge in [-0.15, -0.1) is 11.6 Å². The van der Waals surface area contributed by atoms with Gasteiger partial charge in [-0.3, -0.25) is 4.98 Å². The maximum absolute atomic E-state index is 6.00. The summed E-state index contributed by atoms with van der Waals surface area (Å²) in [6.07, 6.45) is 8.00. The third kappa shape index (κ3) is 2.72. The molecule has 0 radical (unpaired) electrons. The van der Waals surface area contributed by atoms with E-state index in [0.29, 0.717) is 11.3 Å². The lowest BCUT2D eigenvalue weighted by Crippen LogP contribution is -2.12. The Morgan fingerprint density at radius 3 is 3.27 bits per heavy atom. The highest BCUT2D eigenvalue weighted by molar-refractivity contribution is 6.20. The topological polar surface area (TPSA) is 12.9 Å². The monoisotopic (exact) mass is 223 g/mol. The molecule has 0 N–H and O–H groups in total. The number of rotatable bonds is 3. The zero-order valence-electron chi connectivity index (χ0n) is 9.25. The largest absolute Gasteiger partial charge is 0.261 e. The lowest BCUT2D eigenvalue weighted by Gasteiger charge is -2.24. The highest BCUT2D eigenvalue weighted by atomic mass is 35.5. The van der Waals surface area contributed by atoms with Crippen LogP contribution in [0.1, 0.15) is 49.8 Å². The summed E-state index contributed by atoms with van der Waals surface area (Å²) < 4.78 is 0. The smallest absolute Gasteiger partial charge is 0.0466 e. The van der Waals surface area contributed by atoms with E-state index in [1.165, 1.54) is 36.9 Å². The normalized spacial score (nSPS) is 22.1. The molecular weight excluding hydrogens is 206 g/mol. The number of aromatic nitrogens is 1. The SMILES string of the molecule is CC(Cl)CCC1CCCc2cccnc21. The van der Waals surface area contributed by atoms with E-state index >= 15 is 0 Å². The number of fused-ring (bicyclic) bond motifs is 1. The predicted molar refractivity (Wildman–Crippen MR) is 64.5 cm³/mol. The van der Waals surface area contributed by atoms with Crippen molar-refractivity contribution in [1.29, 1.82) is 0 Å². The number of pyridine rings is 1. The van der Waals surface area contributed by atoms with Crippen LogP contribution in [0.2, 0.25) is 0 Å². The molecule has 0 aromatic carbocycles. The fraction of sp³-hybridized carbons (Fsp3) is 0.615. The number of alkyl halides is 1. The van der Waals surface area contributed by atoms with Gasteiger partial charge in [-0.05, 0) is 50.7 Å². The van der Waals surface area contributed by atoms with Crippen molar-refractivity contribution in [1.82, 2.24) is 4.98 Å². The summed E-state index contributed by atoms with van der Waals surface area (Å²) in [6, 6.07) is 4.27. The van der Waals surface area contributed by atoms with Crippen molar-refractivity contribution in [2.24, 2.45) is 0 Å². The van der Waals surface area contributed by atoms with Crippen LogP contribution in [0.5, 0.6) is 0 Å². The van der Waals surface area contributed by atoms with Crippen LogP contribution < -0.4 is 0 Å². The van der Waals surface area contributed by atoms with Crippen molar-refractivity contribution in [2.45, 2.75) is 50.3 Å². The molecule has 0 saturated carbocycles. The Kier molecular flexibility index (Phi) is 3.63. The molecule has 2 rings (SSSR count). The molecule has 0 amide bonds. The minimum absolute atomic E-state index is 0.291. The van der Waals surface area contributed by atoms with E-state index in [2.05, 4.69) is 18.0 Å². The minimum atomic E-state index is 0.291. The van der Waals surface area contributed by atoms with E-state index in [9.17, 15) is 0 Å². The third-order valence-corrected chi connectivity index (χ3v) is 3.44. The molecule has 0 fully saturated rings. The molecule has 1 aromatic rings. The molecule has 0 aliphatic heterocycles. The maximum atomic E-state index is 6.00. The Hall–Kier alpha value is -0.560. The summed E-state index contributed by atoms with van der Waals surface area (Å²) in [7, 11) is 0. The van der Waals surface area contributed by atoms with E-state index in [1.807, 2.05) is 12.3 Å². The second-order valence-electron chi connectivity index (χ2n) is 4.50. The first-order valence-electron chi connectivity index (χ1n) is 5.85. The van der Waals surface area contributed by atoms with Gasteiger partial charge in [-0.25, -0.2) is 0 Å². The van der Waals surface area contributed by atoms with Crippen LogP contribution in [0.25, 0.3) is 0 Å². The maximum Gasteiger partial charge on any atom is 0.0466 e. The standard InChI is InChI=1S/C13H18ClN/c1-10(14)7-8-12-5-2-4-11-6-3-9-15-13(11)12/h3,6,9-10,12H,2,4-5,7-8H2,1H3. The molecule has 0 saturated heterocycles. The Bertz CT molecular complexity index is 322. The van der Waals surface area contributed by atoms with Crippen LogP contribution in [-0.2, 0) is 6.42 Å². The molecular formula is C13H18ClN. The van der Waals surface area contributed by atoms with Gasteiger partial charge in [-0.2, -0.15) is 0 Å². The molecule has 1 aliphatic carbocycles. The third-order valence-electron chi connectivity index (χ3n) is 3.22. The number of hydrogen-bond acceptors (Lipinski definition) is 1. The highest BCUT2D eigenvalue weighted by Crippen LogP contribution is 2.33. The van der Waals surface area contributed by atoms with Gasteiger partial charge in [0.15, 0.2) is 0 Å². The van der Waals surface area contributed by atoms with Gasteiger partial charge >= 0.3 is 0 Å². The van der Waals surface area contributed by atoms with Crippen LogP contribution >= 0.6 is 11.6 Å².